The predicted octanol–water partition coefficient (Wildman–Crippen LogP) is 3.53. The van der Waals surface area contributed by atoms with Gasteiger partial charge in [0.1, 0.15) is 0 Å². The van der Waals surface area contributed by atoms with Crippen LogP contribution >= 0.6 is 11.6 Å². The van der Waals surface area contributed by atoms with Crippen molar-refractivity contribution in [2.75, 3.05) is 26.2 Å². The van der Waals surface area contributed by atoms with Crippen LogP contribution in [0.1, 0.15) is 22.6 Å². The second-order valence-corrected chi connectivity index (χ2v) is 8.89. The Morgan fingerprint density at radius 3 is 2.53 bits per heavy atom. The Hall–Kier alpha value is -2.80. The van der Waals surface area contributed by atoms with Crippen LogP contribution in [0.3, 0.4) is 0 Å². The van der Waals surface area contributed by atoms with Crippen LogP contribution in [-0.2, 0) is 22.6 Å². The normalized spacial score (nSPS) is 23.7. The highest BCUT2D eigenvalue weighted by atomic mass is 35.5. The average molecular weight is 449 g/mol. The number of halogens is 1. The number of hydrogen-bond donors (Lipinski definition) is 0. The molecular formula is C25H25ClN4O2. The number of rotatable bonds is 5. The second-order valence-electron chi connectivity index (χ2n) is 8.46. The van der Waals surface area contributed by atoms with Crippen molar-refractivity contribution in [3.63, 3.8) is 0 Å². The van der Waals surface area contributed by atoms with Crippen LogP contribution in [0, 0.1) is 0 Å². The van der Waals surface area contributed by atoms with E-state index in [1.165, 1.54) is 0 Å². The first-order valence-corrected chi connectivity index (χ1v) is 11.2. The van der Waals surface area contributed by atoms with Crippen molar-refractivity contribution in [1.29, 1.82) is 0 Å². The Morgan fingerprint density at radius 2 is 1.78 bits per heavy atom. The maximum atomic E-state index is 13.9. The van der Waals surface area contributed by atoms with Crippen LogP contribution in [0.25, 0.3) is 0 Å². The number of hydrogen-bond acceptors (Lipinski definition) is 5. The summed E-state index contributed by atoms with van der Waals surface area (Å²) in [7, 11) is 0. The predicted molar refractivity (Wildman–Crippen MR) is 122 cm³/mol. The molecule has 2 aliphatic heterocycles. The quantitative estimate of drug-likeness (QED) is 0.597. The van der Waals surface area contributed by atoms with Gasteiger partial charge in [-0.05, 0) is 47.0 Å². The molecule has 6 nitrogen and oxygen atoms in total. The van der Waals surface area contributed by atoms with E-state index in [0.29, 0.717) is 26.2 Å². The van der Waals surface area contributed by atoms with Crippen molar-refractivity contribution < 1.29 is 9.53 Å². The average Bonchev–Trinajstić information content (AvgIpc) is 3.18. The van der Waals surface area contributed by atoms with E-state index in [1.807, 2.05) is 59.6 Å². The molecule has 2 atom stereocenters. The highest BCUT2D eigenvalue weighted by Crippen LogP contribution is 2.42. The van der Waals surface area contributed by atoms with Crippen molar-refractivity contribution >= 4 is 17.5 Å². The molecule has 2 saturated heterocycles. The van der Waals surface area contributed by atoms with E-state index in [4.69, 9.17) is 16.3 Å². The molecule has 4 heterocycles. The lowest BCUT2D eigenvalue weighted by Gasteiger charge is -2.42. The van der Waals surface area contributed by atoms with Crippen molar-refractivity contribution in [3.8, 4) is 0 Å². The summed E-state index contributed by atoms with van der Waals surface area (Å²) < 4.78 is 6.37. The molecule has 0 unspecified atom stereocenters. The van der Waals surface area contributed by atoms with Crippen molar-refractivity contribution in [2.45, 2.75) is 24.6 Å². The molecule has 0 radical (unpaired) electrons. The fourth-order valence-electron chi connectivity index (χ4n) is 4.83. The molecule has 1 amide bonds. The first kappa shape index (κ1) is 21.1. The van der Waals surface area contributed by atoms with Gasteiger partial charge in [-0.2, -0.15) is 0 Å². The van der Waals surface area contributed by atoms with Crippen molar-refractivity contribution in [2.24, 2.45) is 0 Å². The van der Waals surface area contributed by atoms with E-state index in [2.05, 4.69) is 14.9 Å². The van der Waals surface area contributed by atoms with Crippen LogP contribution in [0.2, 0.25) is 5.02 Å². The lowest BCUT2D eigenvalue weighted by Crippen LogP contribution is -2.59. The summed E-state index contributed by atoms with van der Waals surface area (Å²) in [4.78, 5) is 26.5. The number of morpholine rings is 1. The maximum absolute atomic E-state index is 13.9. The van der Waals surface area contributed by atoms with Crippen LogP contribution in [0.5, 0.6) is 0 Å². The van der Waals surface area contributed by atoms with E-state index in [1.54, 1.807) is 18.6 Å². The number of likely N-dealkylation sites (tertiary alicyclic amines) is 1. The molecule has 0 bridgehead atoms. The van der Waals surface area contributed by atoms with Gasteiger partial charge >= 0.3 is 0 Å². The summed E-state index contributed by atoms with van der Waals surface area (Å²) in [6.45, 7) is 3.66. The fraction of sp³-hybridized carbons (Fsp3) is 0.320. The summed E-state index contributed by atoms with van der Waals surface area (Å²) in [6.07, 6.45) is 7.14. The minimum atomic E-state index is -0.916. The highest BCUT2D eigenvalue weighted by Gasteiger charge is 2.56. The molecule has 0 saturated carbocycles. The van der Waals surface area contributed by atoms with Crippen LogP contribution in [-0.4, -0.2) is 57.5 Å². The summed E-state index contributed by atoms with van der Waals surface area (Å²) in [5.74, 6) is -0.0377. The lowest BCUT2D eigenvalue weighted by atomic mass is 9.83. The topological polar surface area (TPSA) is 58.6 Å². The molecular weight excluding hydrogens is 424 g/mol. The largest absolute Gasteiger partial charge is 0.361 e. The van der Waals surface area contributed by atoms with Crippen LogP contribution < -0.4 is 0 Å². The maximum Gasteiger partial charge on any atom is 0.257 e. The molecule has 164 valence electrons. The third kappa shape index (κ3) is 4.13. The Kier molecular flexibility index (Phi) is 5.91. The number of carbonyl (C=O) groups excluding carboxylic acids is 1. The van der Waals surface area contributed by atoms with Crippen LogP contribution in [0.15, 0.2) is 73.3 Å². The molecule has 2 fully saturated rings. The minimum absolute atomic E-state index is 0.0491. The van der Waals surface area contributed by atoms with Gasteiger partial charge in [-0.3, -0.25) is 19.7 Å². The first-order valence-electron chi connectivity index (χ1n) is 10.8. The van der Waals surface area contributed by atoms with E-state index in [0.717, 1.165) is 34.8 Å². The molecule has 1 aromatic carbocycles. The third-order valence-corrected chi connectivity index (χ3v) is 6.61. The van der Waals surface area contributed by atoms with Crippen molar-refractivity contribution in [3.05, 3.63) is 95.0 Å². The number of pyridine rings is 2. The van der Waals surface area contributed by atoms with E-state index >= 15 is 0 Å². The molecule has 1 spiro atoms. The molecule has 2 aliphatic rings. The molecule has 3 aromatic rings. The fourth-order valence-corrected chi connectivity index (χ4v) is 4.96. The van der Waals surface area contributed by atoms with E-state index in [9.17, 15) is 4.79 Å². The zero-order valence-corrected chi connectivity index (χ0v) is 18.5. The molecule has 7 heteroatoms. The van der Waals surface area contributed by atoms with Gasteiger partial charge in [0.05, 0.1) is 6.61 Å². The zero-order chi connectivity index (χ0) is 22.0. The Labute approximate surface area is 192 Å². The number of aromatic nitrogens is 2. The summed E-state index contributed by atoms with van der Waals surface area (Å²) >= 11 is 6.06. The smallest absolute Gasteiger partial charge is 0.257 e. The molecule has 32 heavy (non-hydrogen) atoms. The summed E-state index contributed by atoms with van der Waals surface area (Å²) in [5.41, 5.74) is 2.35. The van der Waals surface area contributed by atoms with Gasteiger partial charge in [0.15, 0.2) is 5.60 Å². The standard InChI is InChI=1S/C25H25ClN4O2/c26-22-5-3-19(4-6-22)15-29-17-23(21-2-1-9-28-14-21)25(18-29)24(31)30(12-13-32-25)16-20-7-10-27-11-8-20/h1-11,14,23H,12-13,15-18H2/t23-,25+/m0/s1. The molecule has 0 aliphatic carbocycles. The van der Waals surface area contributed by atoms with Gasteiger partial charge in [-0.15, -0.1) is 0 Å². The van der Waals surface area contributed by atoms with Gasteiger partial charge in [0, 0.05) is 68.5 Å². The molecule has 2 aromatic heterocycles. The van der Waals surface area contributed by atoms with Crippen LogP contribution in [0.4, 0.5) is 0 Å². The second kappa shape index (κ2) is 8.98. The Bertz CT molecular complexity index is 1060. The zero-order valence-electron chi connectivity index (χ0n) is 17.7. The lowest BCUT2D eigenvalue weighted by molar-refractivity contribution is -0.173. The number of ether oxygens (including phenoxy) is 1. The monoisotopic (exact) mass is 448 g/mol. The van der Waals surface area contributed by atoms with Gasteiger partial charge in [-0.1, -0.05) is 29.8 Å². The van der Waals surface area contributed by atoms with Gasteiger partial charge in [0.25, 0.3) is 5.91 Å². The number of nitrogens with zero attached hydrogens (tertiary/aromatic N) is 4. The van der Waals surface area contributed by atoms with Crippen molar-refractivity contribution in [1.82, 2.24) is 19.8 Å². The van der Waals surface area contributed by atoms with Gasteiger partial charge < -0.3 is 9.64 Å². The SMILES string of the molecule is O=C1N(Cc2ccncc2)CCO[C@@]12CN(Cc1ccc(Cl)cc1)C[C@H]2c1cccnc1. The van der Waals surface area contributed by atoms with Gasteiger partial charge in [-0.25, -0.2) is 0 Å². The number of amides is 1. The van der Waals surface area contributed by atoms with E-state index < -0.39 is 5.60 Å². The third-order valence-electron chi connectivity index (χ3n) is 6.36. The number of benzene rings is 1. The minimum Gasteiger partial charge on any atom is -0.361 e. The summed E-state index contributed by atoms with van der Waals surface area (Å²) in [5, 5.41) is 0.720. The summed E-state index contributed by atoms with van der Waals surface area (Å²) in [6, 6.07) is 15.7. The highest BCUT2D eigenvalue weighted by molar-refractivity contribution is 6.30. The molecule has 0 N–H and O–H groups in total. The van der Waals surface area contributed by atoms with Gasteiger partial charge in [0.2, 0.25) is 0 Å². The Morgan fingerprint density at radius 1 is 1.00 bits per heavy atom. The molecule has 5 rings (SSSR count). The number of carbonyl (C=O) groups is 1. The van der Waals surface area contributed by atoms with E-state index in [-0.39, 0.29) is 11.8 Å². The Balaban J connectivity index is 1.44. The first-order chi connectivity index (χ1) is 15.6.